The van der Waals surface area contributed by atoms with Crippen LogP contribution in [0.25, 0.3) is 0 Å². The Hall–Kier alpha value is -3.42. The van der Waals surface area contributed by atoms with Gasteiger partial charge in [-0.2, -0.15) is 0 Å². The molecule has 0 fully saturated rings. The molecule has 0 radical (unpaired) electrons. The Bertz CT molecular complexity index is 1220. The molecular formula is C25H23Cl2N3O4. The number of nitrogens with one attached hydrogen (secondary N) is 2. The number of anilines is 1. The molecule has 2 amide bonds. The van der Waals surface area contributed by atoms with Crippen molar-refractivity contribution in [3.63, 3.8) is 0 Å². The number of hydrazine groups is 1. The van der Waals surface area contributed by atoms with Crippen LogP contribution in [0.15, 0.2) is 60.7 Å². The lowest BCUT2D eigenvalue weighted by Crippen LogP contribution is -2.52. The number of phenolic OH excluding ortho intramolecular Hbond substituents is 1. The van der Waals surface area contributed by atoms with Crippen LogP contribution in [0, 0.1) is 6.92 Å². The minimum absolute atomic E-state index is 0.101. The molecule has 4 rings (SSSR count). The topological polar surface area (TPSA) is 90.9 Å². The number of carbonyl (C=O) groups is 2. The molecule has 9 heteroatoms. The first-order valence-corrected chi connectivity index (χ1v) is 11.4. The van der Waals surface area contributed by atoms with Gasteiger partial charge in [-0.05, 0) is 73.0 Å². The van der Waals surface area contributed by atoms with Gasteiger partial charge in [0, 0.05) is 22.2 Å². The molecule has 0 aliphatic carbocycles. The van der Waals surface area contributed by atoms with E-state index < -0.39 is 12.1 Å². The van der Waals surface area contributed by atoms with Crippen LogP contribution in [0.2, 0.25) is 10.0 Å². The first-order chi connectivity index (χ1) is 16.3. The van der Waals surface area contributed by atoms with Gasteiger partial charge in [0.05, 0.1) is 12.2 Å². The highest BCUT2D eigenvalue weighted by Crippen LogP contribution is 2.34. The van der Waals surface area contributed by atoms with Crippen molar-refractivity contribution in [1.29, 1.82) is 0 Å². The third-order valence-corrected chi connectivity index (χ3v) is 5.85. The van der Waals surface area contributed by atoms with Crippen molar-refractivity contribution in [2.45, 2.75) is 25.9 Å². The molecule has 1 atom stereocenters. The predicted molar refractivity (Wildman–Crippen MR) is 131 cm³/mol. The van der Waals surface area contributed by atoms with Crippen LogP contribution < -0.4 is 15.5 Å². The second-order valence-electron chi connectivity index (χ2n) is 7.90. The maximum absolute atomic E-state index is 13.3. The smallest absolute Gasteiger partial charge is 0.276 e. The van der Waals surface area contributed by atoms with Crippen LogP contribution in [0.3, 0.4) is 0 Å². The maximum Gasteiger partial charge on any atom is 0.276 e. The van der Waals surface area contributed by atoms with Crippen molar-refractivity contribution >= 4 is 40.7 Å². The van der Waals surface area contributed by atoms with Crippen LogP contribution in [0.4, 0.5) is 5.69 Å². The number of benzene rings is 3. The first kappa shape index (κ1) is 23.7. The summed E-state index contributed by atoms with van der Waals surface area (Å²) in [5, 5.41) is 15.2. The van der Waals surface area contributed by atoms with E-state index in [-0.39, 0.29) is 18.1 Å². The lowest BCUT2D eigenvalue weighted by molar-refractivity contribution is -0.126. The Morgan fingerprint density at radius 1 is 1.09 bits per heavy atom. The third kappa shape index (κ3) is 5.38. The van der Waals surface area contributed by atoms with Crippen LogP contribution in [0.1, 0.15) is 40.5 Å². The lowest BCUT2D eigenvalue weighted by atomic mass is 10.0. The third-order valence-electron chi connectivity index (χ3n) is 5.38. The van der Waals surface area contributed by atoms with Crippen molar-refractivity contribution in [3.8, 4) is 11.5 Å². The van der Waals surface area contributed by atoms with E-state index in [1.165, 1.54) is 17.1 Å². The standard InChI is InChI=1S/C25H23Cl2N3O4/c1-15-13-17(26)7-11-22(15)34-12-2-3-23(32)29-30-24(16-4-8-19(31)9-5-16)28-21-10-6-18(27)14-20(21)25(30)33/h4-11,13-14,24,28,31H,2-3,12H2,1H3,(H,29,32). The zero-order chi connectivity index (χ0) is 24.2. The fourth-order valence-corrected chi connectivity index (χ4v) is 4.06. The average molecular weight is 500 g/mol. The Labute approximate surface area is 207 Å². The second-order valence-corrected chi connectivity index (χ2v) is 8.77. The molecular weight excluding hydrogens is 477 g/mol. The fourth-order valence-electron chi connectivity index (χ4n) is 3.66. The van der Waals surface area contributed by atoms with Gasteiger partial charge in [-0.25, -0.2) is 5.01 Å². The quantitative estimate of drug-likeness (QED) is 0.375. The Morgan fingerprint density at radius 3 is 2.53 bits per heavy atom. The minimum atomic E-state index is -0.668. The van der Waals surface area contributed by atoms with Gasteiger partial charge in [0.1, 0.15) is 17.7 Å². The number of aromatic hydroxyl groups is 1. The number of phenols is 1. The van der Waals surface area contributed by atoms with E-state index in [1.807, 2.05) is 13.0 Å². The number of nitrogens with zero attached hydrogens (tertiary/aromatic N) is 1. The van der Waals surface area contributed by atoms with Gasteiger partial charge in [0.25, 0.3) is 5.91 Å². The molecule has 0 saturated heterocycles. The summed E-state index contributed by atoms with van der Waals surface area (Å²) in [6.07, 6.45) is -0.0600. The summed E-state index contributed by atoms with van der Waals surface area (Å²) in [5.74, 6) is 0.0854. The largest absolute Gasteiger partial charge is 0.508 e. The molecule has 1 unspecified atom stereocenters. The van der Waals surface area contributed by atoms with E-state index in [4.69, 9.17) is 27.9 Å². The summed E-state index contributed by atoms with van der Waals surface area (Å²) >= 11 is 12.0. The number of fused-ring (bicyclic) bond motifs is 1. The summed E-state index contributed by atoms with van der Waals surface area (Å²) in [4.78, 5) is 26.0. The average Bonchev–Trinajstić information content (AvgIpc) is 2.80. The van der Waals surface area contributed by atoms with Crippen molar-refractivity contribution in [3.05, 3.63) is 87.4 Å². The molecule has 1 aliphatic rings. The molecule has 1 aliphatic heterocycles. The Kier molecular flexibility index (Phi) is 7.14. The summed E-state index contributed by atoms with van der Waals surface area (Å²) in [5.41, 5.74) is 5.27. The molecule has 3 aromatic rings. The van der Waals surface area contributed by atoms with E-state index in [0.29, 0.717) is 45.6 Å². The van der Waals surface area contributed by atoms with E-state index in [2.05, 4.69) is 10.7 Å². The number of ether oxygens (including phenoxy) is 1. The predicted octanol–water partition coefficient (Wildman–Crippen LogP) is 5.46. The SMILES string of the molecule is Cc1cc(Cl)ccc1OCCCC(=O)NN1C(=O)c2cc(Cl)ccc2NC1c1ccc(O)cc1. The molecule has 34 heavy (non-hydrogen) atoms. The van der Waals surface area contributed by atoms with Crippen molar-refractivity contribution in [2.75, 3.05) is 11.9 Å². The van der Waals surface area contributed by atoms with Gasteiger partial charge in [0.2, 0.25) is 5.91 Å². The normalized spacial score (nSPS) is 14.9. The van der Waals surface area contributed by atoms with E-state index in [0.717, 1.165) is 5.56 Å². The summed E-state index contributed by atoms with van der Waals surface area (Å²) in [7, 11) is 0. The van der Waals surface area contributed by atoms with Crippen LogP contribution in [-0.4, -0.2) is 28.5 Å². The van der Waals surface area contributed by atoms with Gasteiger partial charge in [-0.3, -0.25) is 15.0 Å². The highest BCUT2D eigenvalue weighted by molar-refractivity contribution is 6.31. The molecule has 0 aromatic heterocycles. The van der Waals surface area contributed by atoms with Crippen molar-refractivity contribution in [1.82, 2.24) is 10.4 Å². The number of hydrogen-bond donors (Lipinski definition) is 3. The van der Waals surface area contributed by atoms with Gasteiger partial charge >= 0.3 is 0 Å². The van der Waals surface area contributed by atoms with Gasteiger partial charge in [-0.15, -0.1) is 0 Å². The number of amides is 2. The molecule has 0 spiro atoms. The first-order valence-electron chi connectivity index (χ1n) is 10.7. The molecule has 3 aromatic carbocycles. The monoisotopic (exact) mass is 499 g/mol. The van der Waals surface area contributed by atoms with Gasteiger partial charge in [-0.1, -0.05) is 35.3 Å². The number of hydrogen-bond acceptors (Lipinski definition) is 5. The summed E-state index contributed by atoms with van der Waals surface area (Å²) < 4.78 is 5.74. The van der Waals surface area contributed by atoms with E-state index in [1.54, 1.807) is 42.5 Å². The summed E-state index contributed by atoms with van der Waals surface area (Å²) in [6.45, 7) is 2.23. The molecule has 7 nitrogen and oxygen atoms in total. The number of carbonyl (C=O) groups excluding carboxylic acids is 2. The molecule has 0 bridgehead atoms. The highest BCUT2D eigenvalue weighted by Gasteiger charge is 2.34. The molecule has 0 saturated carbocycles. The summed E-state index contributed by atoms with van der Waals surface area (Å²) in [6, 6.07) is 16.7. The fraction of sp³-hybridized carbons (Fsp3) is 0.200. The minimum Gasteiger partial charge on any atom is -0.508 e. The number of rotatable bonds is 7. The Morgan fingerprint density at radius 2 is 1.79 bits per heavy atom. The molecule has 176 valence electrons. The number of halogens is 2. The Balaban J connectivity index is 1.44. The zero-order valence-corrected chi connectivity index (χ0v) is 19.9. The van der Waals surface area contributed by atoms with Gasteiger partial charge < -0.3 is 15.2 Å². The number of aryl methyl sites for hydroxylation is 1. The van der Waals surface area contributed by atoms with Crippen LogP contribution in [0.5, 0.6) is 11.5 Å². The van der Waals surface area contributed by atoms with Crippen molar-refractivity contribution in [2.24, 2.45) is 0 Å². The van der Waals surface area contributed by atoms with Crippen LogP contribution >= 0.6 is 23.2 Å². The van der Waals surface area contributed by atoms with Crippen LogP contribution in [-0.2, 0) is 4.79 Å². The highest BCUT2D eigenvalue weighted by atomic mass is 35.5. The van der Waals surface area contributed by atoms with Crippen molar-refractivity contribution < 1.29 is 19.4 Å². The zero-order valence-electron chi connectivity index (χ0n) is 18.3. The lowest BCUT2D eigenvalue weighted by Gasteiger charge is -2.37. The second kappa shape index (κ2) is 10.2. The van der Waals surface area contributed by atoms with E-state index >= 15 is 0 Å². The molecule has 1 heterocycles. The maximum atomic E-state index is 13.3. The molecule has 3 N–H and O–H groups in total. The van der Waals surface area contributed by atoms with E-state index in [9.17, 15) is 14.7 Å². The van der Waals surface area contributed by atoms with Gasteiger partial charge in [0.15, 0.2) is 0 Å².